The molecule has 1 atom stereocenters. The third-order valence-corrected chi connectivity index (χ3v) is 4.00. The third kappa shape index (κ3) is 3.52. The van der Waals surface area contributed by atoms with Crippen molar-refractivity contribution in [3.8, 4) is 11.3 Å². The highest BCUT2D eigenvalue weighted by atomic mass is 16.2. The van der Waals surface area contributed by atoms with Crippen LogP contribution < -0.4 is 5.32 Å². The second kappa shape index (κ2) is 7.77. The molecule has 2 aromatic rings. The number of nitrogens with one attached hydrogen (secondary N) is 1. The summed E-state index contributed by atoms with van der Waals surface area (Å²) in [7, 11) is 1.68. The van der Waals surface area contributed by atoms with Gasteiger partial charge >= 0.3 is 0 Å². The van der Waals surface area contributed by atoms with Crippen molar-refractivity contribution < 1.29 is 4.79 Å². The second-order valence-corrected chi connectivity index (χ2v) is 5.55. The van der Waals surface area contributed by atoms with Gasteiger partial charge in [0.15, 0.2) is 0 Å². The number of benzene rings is 1. The Balaban J connectivity index is 2.62. The summed E-state index contributed by atoms with van der Waals surface area (Å²) in [4.78, 5) is 16.9. The lowest BCUT2D eigenvalue weighted by Gasteiger charge is -2.19. The van der Waals surface area contributed by atoms with E-state index in [1.807, 2.05) is 29.7 Å². The van der Waals surface area contributed by atoms with Crippen LogP contribution in [0.3, 0.4) is 0 Å². The fourth-order valence-electron chi connectivity index (χ4n) is 2.87. The quantitative estimate of drug-likeness (QED) is 0.874. The van der Waals surface area contributed by atoms with Gasteiger partial charge in [-0.25, -0.2) is 4.98 Å². The topological polar surface area (TPSA) is 46.9 Å². The number of rotatable bonds is 6. The maximum absolute atomic E-state index is 12.2. The van der Waals surface area contributed by atoms with Crippen LogP contribution in [0.25, 0.3) is 16.8 Å². The molecular weight excluding hydrogens is 286 g/mol. The van der Waals surface area contributed by atoms with Gasteiger partial charge in [0.05, 0.1) is 17.7 Å². The van der Waals surface area contributed by atoms with Crippen molar-refractivity contribution in [2.75, 3.05) is 7.05 Å². The average molecular weight is 311 g/mol. The molecular formula is C19H25N3O. The summed E-state index contributed by atoms with van der Waals surface area (Å²) in [6.45, 7) is 6.22. The van der Waals surface area contributed by atoms with Gasteiger partial charge in [0, 0.05) is 12.6 Å². The van der Waals surface area contributed by atoms with Crippen LogP contribution >= 0.6 is 0 Å². The first-order valence-electron chi connectivity index (χ1n) is 8.14. The monoisotopic (exact) mass is 311 g/mol. The van der Waals surface area contributed by atoms with E-state index in [0.717, 1.165) is 35.4 Å². The number of allylic oxidation sites excluding steroid dienone is 2. The Kier molecular flexibility index (Phi) is 5.74. The zero-order valence-electron chi connectivity index (χ0n) is 14.3. The van der Waals surface area contributed by atoms with E-state index < -0.39 is 0 Å². The number of imidazole rings is 1. The Morgan fingerprint density at radius 2 is 2.00 bits per heavy atom. The van der Waals surface area contributed by atoms with Crippen molar-refractivity contribution in [2.45, 2.75) is 39.7 Å². The van der Waals surface area contributed by atoms with E-state index in [1.54, 1.807) is 13.4 Å². The number of aromatic nitrogens is 2. The van der Waals surface area contributed by atoms with Crippen LogP contribution in [0.1, 0.15) is 45.3 Å². The minimum atomic E-state index is -0.250. The summed E-state index contributed by atoms with van der Waals surface area (Å²) >= 11 is 0. The van der Waals surface area contributed by atoms with Crippen molar-refractivity contribution in [3.05, 3.63) is 48.4 Å². The lowest BCUT2D eigenvalue weighted by molar-refractivity contribution is -0.123. The summed E-state index contributed by atoms with van der Waals surface area (Å²) in [6.07, 6.45) is 5.63. The number of likely N-dealkylation sites (N-methyl/N-ethyl adjacent to an activating group) is 1. The molecule has 0 radical (unpaired) electrons. The van der Waals surface area contributed by atoms with Crippen LogP contribution in [0.5, 0.6) is 0 Å². The maximum atomic E-state index is 12.2. The largest absolute Gasteiger partial charge is 0.357 e. The predicted molar refractivity (Wildman–Crippen MR) is 95.0 cm³/mol. The van der Waals surface area contributed by atoms with E-state index in [1.165, 1.54) is 0 Å². The van der Waals surface area contributed by atoms with Crippen molar-refractivity contribution >= 4 is 11.5 Å². The summed E-state index contributed by atoms with van der Waals surface area (Å²) < 4.78 is 2.00. The Hall–Kier alpha value is -2.36. The molecule has 23 heavy (non-hydrogen) atoms. The normalized spacial score (nSPS) is 13.0. The van der Waals surface area contributed by atoms with Gasteiger partial charge in [-0.05, 0) is 25.3 Å². The Labute approximate surface area is 138 Å². The van der Waals surface area contributed by atoms with Gasteiger partial charge in [0.25, 0.3) is 0 Å². The molecule has 4 nitrogen and oxygen atoms in total. The fraction of sp³-hybridized carbons (Fsp3) is 0.368. The molecule has 1 amide bonds. The summed E-state index contributed by atoms with van der Waals surface area (Å²) in [6, 6.07) is 9.86. The smallest absolute Gasteiger partial charge is 0.242 e. The highest BCUT2D eigenvalue weighted by molar-refractivity contribution is 5.82. The van der Waals surface area contributed by atoms with E-state index in [-0.39, 0.29) is 11.9 Å². The minimum absolute atomic E-state index is 0.00931. The van der Waals surface area contributed by atoms with Crippen LogP contribution in [0.2, 0.25) is 0 Å². The summed E-state index contributed by atoms with van der Waals surface area (Å²) in [5.41, 5.74) is 4.16. The molecule has 0 aliphatic carbocycles. The standard InChI is InChI=1S/C19H25N3O/c1-5-10-14(3)18-17(15-11-8-7-9-12-15)21-13-22(18)16(6-2)19(23)20-4/h7-13,16H,5-6H2,1-4H3,(H,20,23)/b14-10+. The van der Waals surface area contributed by atoms with Crippen LogP contribution in [-0.4, -0.2) is 22.5 Å². The van der Waals surface area contributed by atoms with Gasteiger partial charge in [0.1, 0.15) is 6.04 Å². The molecule has 0 spiro atoms. The molecule has 0 aliphatic rings. The SMILES string of the molecule is CC/C=C(\C)c1c(-c2ccccc2)ncn1C(CC)C(=O)NC. The molecule has 1 N–H and O–H groups in total. The van der Waals surface area contributed by atoms with Crippen LogP contribution in [0.4, 0.5) is 0 Å². The highest BCUT2D eigenvalue weighted by Crippen LogP contribution is 2.31. The number of carbonyl (C=O) groups excluding carboxylic acids is 1. The predicted octanol–water partition coefficient (Wildman–Crippen LogP) is 4.06. The molecule has 1 unspecified atom stereocenters. The number of amides is 1. The van der Waals surface area contributed by atoms with Crippen LogP contribution in [-0.2, 0) is 4.79 Å². The van der Waals surface area contributed by atoms with Gasteiger partial charge in [-0.2, -0.15) is 0 Å². The number of carbonyl (C=O) groups is 1. The van der Waals surface area contributed by atoms with E-state index in [4.69, 9.17) is 0 Å². The second-order valence-electron chi connectivity index (χ2n) is 5.55. The first kappa shape index (κ1) is 17.0. The number of nitrogens with zero attached hydrogens (tertiary/aromatic N) is 2. The van der Waals surface area contributed by atoms with Gasteiger partial charge in [-0.3, -0.25) is 4.79 Å². The van der Waals surface area contributed by atoms with Crippen molar-refractivity contribution in [2.24, 2.45) is 0 Å². The lowest BCUT2D eigenvalue weighted by Crippen LogP contribution is -2.29. The van der Waals surface area contributed by atoms with E-state index >= 15 is 0 Å². The Morgan fingerprint density at radius 3 is 2.57 bits per heavy atom. The molecule has 0 aliphatic heterocycles. The first-order valence-corrected chi connectivity index (χ1v) is 8.14. The van der Waals surface area contributed by atoms with Gasteiger partial charge in [-0.1, -0.05) is 50.3 Å². The zero-order valence-corrected chi connectivity index (χ0v) is 14.3. The Morgan fingerprint density at radius 1 is 1.30 bits per heavy atom. The zero-order chi connectivity index (χ0) is 16.8. The molecule has 4 heteroatoms. The molecule has 1 aromatic carbocycles. The molecule has 0 saturated carbocycles. The molecule has 1 aromatic heterocycles. The van der Waals surface area contributed by atoms with Crippen LogP contribution in [0, 0.1) is 0 Å². The Bertz CT molecular complexity index is 686. The lowest BCUT2D eigenvalue weighted by atomic mass is 10.0. The van der Waals surface area contributed by atoms with Crippen molar-refractivity contribution in [3.63, 3.8) is 0 Å². The summed E-state index contributed by atoms with van der Waals surface area (Å²) in [5.74, 6) is 0.00931. The van der Waals surface area contributed by atoms with Gasteiger partial charge in [-0.15, -0.1) is 0 Å². The average Bonchev–Trinajstić information content (AvgIpc) is 3.01. The molecule has 122 valence electrons. The van der Waals surface area contributed by atoms with Crippen molar-refractivity contribution in [1.29, 1.82) is 0 Å². The molecule has 0 bridgehead atoms. The van der Waals surface area contributed by atoms with E-state index in [2.05, 4.69) is 42.4 Å². The maximum Gasteiger partial charge on any atom is 0.242 e. The molecule has 1 heterocycles. The van der Waals surface area contributed by atoms with E-state index in [0.29, 0.717) is 0 Å². The number of hydrogen-bond acceptors (Lipinski definition) is 2. The highest BCUT2D eigenvalue weighted by Gasteiger charge is 2.23. The van der Waals surface area contributed by atoms with Gasteiger partial charge < -0.3 is 9.88 Å². The summed E-state index contributed by atoms with van der Waals surface area (Å²) in [5, 5.41) is 2.75. The van der Waals surface area contributed by atoms with Gasteiger partial charge in [0.2, 0.25) is 5.91 Å². The minimum Gasteiger partial charge on any atom is -0.357 e. The van der Waals surface area contributed by atoms with E-state index in [9.17, 15) is 4.79 Å². The van der Waals surface area contributed by atoms with Crippen molar-refractivity contribution in [1.82, 2.24) is 14.9 Å². The third-order valence-electron chi connectivity index (χ3n) is 4.00. The van der Waals surface area contributed by atoms with Crippen LogP contribution in [0.15, 0.2) is 42.7 Å². The molecule has 0 fully saturated rings. The fourth-order valence-corrected chi connectivity index (χ4v) is 2.87. The first-order chi connectivity index (χ1) is 11.1. The molecule has 2 rings (SSSR count). The number of hydrogen-bond donors (Lipinski definition) is 1. The molecule has 0 saturated heterocycles.